The smallest absolute Gasteiger partial charge is 0.233 e. The Morgan fingerprint density at radius 1 is 1.09 bits per heavy atom. The molecule has 0 spiro atoms. The second-order valence-corrected chi connectivity index (χ2v) is 9.69. The molecule has 1 fully saturated rings. The van der Waals surface area contributed by atoms with E-state index >= 15 is 0 Å². The van der Waals surface area contributed by atoms with Gasteiger partial charge < -0.3 is 9.64 Å². The summed E-state index contributed by atoms with van der Waals surface area (Å²) in [4.78, 5) is 15.4. The zero-order valence-electron chi connectivity index (χ0n) is 19.6. The van der Waals surface area contributed by atoms with Gasteiger partial charge in [-0.05, 0) is 54.2 Å². The molecule has 0 saturated carbocycles. The van der Waals surface area contributed by atoms with Gasteiger partial charge in [0.25, 0.3) is 0 Å². The highest BCUT2D eigenvalue weighted by Gasteiger charge is 2.27. The number of hydrogen-bond donors (Lipinski definition) is 0. The summed E-state index contributed by atoms with van der Waals surface area (Å²) in [5.41, 5.74) is 3.47. The Balaban J connectivity index is 1.46. The molecule has 2 heterocycles. The van der Waals surface area contributed by atoms with Crippen LogP contribution in [0.1, 0.15) is 62.6 Å². The lowest BCUT2D eigenvalue weighted by Gasteiger charge is -2.30. The highest BCUT2D eigenvalue weighted by molar-refractivity contribution is 7.99. The number of hydrogen-bond acceptors (Lipinski definition) is 5. The first-order valence-electron chi connectivity index (χ1n) is 11.6. The highest BCUT2D eigenvalue weighted by Crippen LogP contribution is 2.32. The lowest BCUT2D eigenvalue weighted by molar-refractivity contribution is -0.130. The Morgan fingerprint density at radius 2 is 1.85 bits per heavy atom. The molecule has 6 nitrogen and oxygen atoms in total. The third kappa shape index (κ3) is 5.58. The van der Waals surface area contributed by atoms with Crippen molar-refractivity contribution in [2.24, 2.45) is 0 Å². The van der Waals surface area contributed by atoms with Crippen molar-refractivity contribution in [3.63, 3.8) is 0 Å². The molecule has 0 aliphatic carbocycles. The fourth-order valence-electron chi connectivity index (χ4n) is 4.31. The van der Waals surface area contributed by atoms with E-state index in [1.165, 1.54) is 22.9 Å². The van der Waals surface area contributed by atoms with Crippen molar-refractivity contribution in [3.05, 3.63) is 66.0 Å². The Bertz CT molecular complexity index is 1050. The largest absolute Gasteiger partial charge is 0.497 e. The maximum atomic E-state index is 13.3. The van der Waals surface area contributed by atoms with Gasteiger partial charge in [0.2, 0.25) is 5.91 Å². The van der Waals surface area contributed by atoms with Crippen LogP contribution in [-0.2, 0) is 4.79 Å². The second kappa shape index (κ2) is 10.9. The number of carbonyl (C=O) groups is 1. The third-order valence-corrected chi connectivity index (χ3v) is 7.18. The molecule has 1 saturated heterocycles. The van der Waals surface area contributed by atoms with Crippen molar-refractivity contribution in [1.82, 2.24) is 19.7 Å². The predicted octanol–water partition coefficient (Wildman–Crippen LogP) is 5.64. The van der Waals surface area contributed by atoms with Crippen molar-refractivity contribution >= 4 is 17.7 Å². The number of carbonyl (C=O) groups excluding carboxylic acids is 1. The minimum atomic E-state index is 0.105. The molecule has 4 rings (SSSR count). The van der Waals surface area contributed by atoms with Crippen LogP contribution in [0.15, 0.2) is 60.0 Å². The van der Waals surface area contributed by atoms with E-state index in [2.05, 4.69) is 65.3 Å². The van der Waals surface area contributed by atoms with Crippen molar-refractivity contribution in [2.75, 3.05) is 19.4 Å². The predicted molar refractivity (Wildman–Crippen MR) is 132 cm³/mol. The molecule has 33 heavy (non-hydrogen) atoms. The van der Waals surface area contributed by atoms with Crippen molar-refractivity contribution in [1.29, 1.82) is 0 Å². The van der Waals surface area contributed by atoms with Crippen molar-refractivity contribution in [3.8, 4) is 11.4 Å². The van der Waals surface area contributed by atoms with E-state index < -0.39 is 0 Å². The fourth-order valence-corrected chi connectivity index (χ4v) is 5.12. The van der Waals surface area contributed by atoms with Gasteiger partial charge in [0.05, 0.1) is 18.9 Å². The number of rotatable bonds is 7. The molecule has 1 unspecified atom stereocenters. The molecule has 174 valence electrons. The maximum absolute atomic E-state index is 13.3. The van der Waals surface area contributed by atoms with Gasteiger partial charge in [0, 0.05) is 12.2 Å². The molecule has 1 aliphatic rings. The molecule has 0 N–H and O–H groups in total. The lowest BCUT2D eigenvalue weighted by atomic mass is 10.0. The minimum absolute atomic E-state index is 0.105. The molecule has 3 aromatic rings. The van der Waals surface area contributed by atoms with Crippen molar-refractivity contribution < 1.29 is 9.53 Å². The van der Waals surface area contributed by atoms with Crippen LogP contribution in [0.5, 0.6) is 5.75 Å². The Labute approximate surface area is 200 Å². The van der Waals surface area contributed by atoms with Gasteiger partial charge in [-0.3, -0.25) is 9.36 Å². The summed E-state index contributed by atoms with van der Waals surface area (Å²) in [5, 5.41) is 9.10. The van der Waals surface area contributed by atoms with Gasteiger partial charge in [0.15, 0.2) is 5.16 Å². The molecule has 1 aliphatic heterocycles. The van der Waals surface area contributed by atoms with Crippen LogP contribution in [-0.4, -0.2) is 45.0 Å². The normalized spacial score (nSPS) is 16.6. The zero-order chi connectivity index (χ0) is 23.2. The van der Waals surface area contributed by atoms with Gasteiger partial charge in [-0.1, -0.05) is 62.7 Å². The first-order valence-corrected chi connectivity index (χ1v) is 12.6. The highest BCUT2D eigenvalue weighted by atomic mass is 32.2. The van der Waals surface area contributed by atoms with E-state index in [9.17, 15) is 4.79 Å². The topological polar surface area (TPSA) is 60.2 Å². The van der Waals surface area contributed by atoms with Crippen LogP contribution in [0.3, 0.4) is 0 Å². The number of nitrogens with zero attached hydrogens (tertiary/aromatic N) is 4. The quantitative estimate of drug-likeness (QED) is 0.424. The van der Waals surface area contributed by atoms with E-state index in [4.69, 9.17) is 4.74 Å². The van der Waals surface area contributed by atoms with Crippen LogP contribution in [0, 0.1) is 0 Å². The molecule has 2 aromatic carbocycles. The summed E-state index contributed by atoms with van der Waals surface area (Å²) in [6, 6.07) is 16.7. The van der Waals surface area contributed by atoms with Gasteiger partial charge in [-0.2, -0.15) is 0 Å². The van der Waals surface area contributed by atoms with Gasteiger partial charge in [0.1, 0.15) is 12.1 Å². The molecule has 7 heteroatoms. The van der Waals surface area contributed by atoms with Gasteiger partial charge in [-0.15, -0.1) is 10.2 Å². The third-order valence-electron chi connectivity index (χ3n) is 6.25. The van der Waals surface area contributed by atoms with Gasteiger partial charge >= 0.3 is 0 Å². The van der Waals surface area contributed by atoms with Crippen LogP contribution in [0.2, 0.25) is 0 Å². The first kappa shape index (κ1) is 23.4. The number of likely N-dealkylation sites (tertiary alicyclic amines) is 1. The van der Waals surface area contributed by atoms with Crippen molar-refractivity contribution in [2.45, 2.75) is 56.6 Å². The second-order valence-electron chi connectivity index (χ2n) is 8.74. The molecule has 1 amide bonds. The summed E-state index contributed by atoms with van der Waals surface area (Å²) in [6.45, 7) is 5.16. The Hall–Kier alpha value is -2.80. The number of methoxy groups -OCH3 is 1. The Kier molecular flexibility index (Phi) is 7.70. The monoisotopic (exact) mass is 464 g/mol. The van der Waals surface area contributed by atoms with E-state index in [0.717, 1.165) is 48.8 Å². The van der Waals surface area contributed by atoms with Crippen LogP contribution in [0.25, 0.3) is 5.69 Å². The summed E-state index contributed by atoms with van der Waals surface area (Å²) < 4.78 is 7.25. The van der Waals surface area contributed by atoms with Crippen LogP contribution in [0.4, 0.5) is 0 Å². The number of thioether (sulfide) groups is 1. The van der Waals surface area contributed by atoms with E-state index in [0.29, 0.717) is 11.7 Å². The van der Waals surface area contributed by atoms with Gasteiger partial charge in [-0.25, -0.2) is 0 Å². The van der Waals surface area contributed by atoms with E-state index in [-0.39, 0.29) is 11.9 Å². The first-order chi connectivity index (χ1) is 16.1. The molecular weight excluding hydrogens is 432 g/mol. The summed E-state index contributed by atoms with van der Waals surface area (Å²) >= 11 is 1.45. The summed E-state index contributed by atoms with van der Waals surface area (Å²) in [5.74, 6) is 1.81. The average Bonchev–Trinajstić information content (AvgIpc) is 3.18. The van der Waals surface area contributed by atoms with E-state index in [1.54, 1.807) is 13.4 Å². The molecular formula is C26H32N4O2S. The number of ether oxygens (including phenoxy) is 1. The minimum Gasteiger partial charge on any atom is -0.497 e. The van der Waals surface area contributed by atoms with E-state index in [1.807, 2.05) is 16.7 Å². The number of amides is 1. The number of aromatic nitrogens is 3. The van der Waals surface area contributed by atoms with Crippen LogP contribution >= 0.6 is 11.8 Å². The summed E-state index contributed by atoms with van der Waals surface area (Å²) in [6.07, 6.45) is 6.03. The SMILES string of the molecule is COc1ccc(C2CCCCCN2C(=O)CSc2nncn2-c2ccc(C(C)C)cc2)cc1. The molecule has 1 aromatic heterocycles. The number of benzene rings is 2. The molecule has 1 atom stereocenters. The molecule has 0 bridgehead atoms. The zero-order valence-corrected chi connectivity index (χ0v) is 20.4. The fraction of sp³-hybridized carbons (Fsp3) is 0.423. The standard InChI is InChI=1S/C26H32N4O2S/c1-19(2)20-8-12-22(13-9-20)30-18-27-28-26(30)33-17-25(31)29-16-6-4-5-7-24(29)21-10-14-23(32-3)15-11-21/h8-15,18-19,24H,4-7,16-17H2,1-3H3. The molecule has 0 radical (unpaired) electrons. The summed E-state index contributed by atoms with van der Waals surface area (Å²) in [7, 11) is 1.67. The average molecular weight is 465 g/mol. The lowest BCUT2D eigenvalue weighted by Crippen LogP contribution is -2.36. The maximum Gasteiger partial charge on any atom is 0.233 e. The Morgan fingerprint density at radius 3 is 2.55 bits per heavy atom. The van der Waals surface area contributed by atoms with Crippen LogP contribution < -0.4 is 4.74 Å².